The van der Waals surface area contributed by atoms with Crippen molar-refractivity contribution in [2.24, 2.45) is 0 Å². The first-order chi connectivity index (χ1) is 4.84. The molecule has 1 rings (SSSR count). The first-order valence-electron chi connectivity index (χ1n) is 3.25. The van der Waals surface area contributed by atoms with Gasteiger partial charge in [-0.15, -0.1) is 0 Å². The van der Waals surface area contributed by atoms with E-state index in [4.69, 9.17) is 16.8 Å². The van der Waals surface area contributed by atoms with Gasteiger partial charge in [-0.25, -0.2) is 5.48 Å². The zero-order valence-electron chi connectivity index (χ0n) is 5.60. The molecule has 0 fully saturated rings. The summed E-state index contributed by atoms with van der Waals surface area (Å²) in [6.45, 7) is 0.440. The summed E-state index contributed by atoms with van der Waals surface area (Å²) in [7, 11) is 0. The molecular weight excluding hydrogens is 150 g/mol. The van der Waals surface area contributed by atoms with Crippen LogP contribution in [0.4, 0.5) is 0 Å². The highest BCUT2D eigenvalue weighted by Gasteiger charge is 2.03. The fourth-order valence-corrected chi connectivity index (χ4v) is 1.17. The summed E-state index contributed by atoms with van der Waals surface area (Å²) in [4.78, 5) is 0. The van der Waals surface area contributed by atoms with Crippen LogP contribution in [0.2, 0.25) is 0 Å². The molecule has 0 saturated heterocycles. The monoisotopic (exact) mass is 159 g/mol. The van der Waals surface area contributed by atoms with Gasteiger partial charge in [-0.1, -0.05) is 23.8 Å². The van der Waals surface area contributed by atoms with Crippen LogP contribution < -0.4 is 5.48 Å². The third-order valence-corrected chi connectivity index (χ3v) is 1.90. The minimum absolute atomic E-state index is 0.440. The molecule has 0 spiro atoms. The van der Waals surface area contributed by atoms with E-state index in [2.05, 4.69) is 11.6 Å². The first kappa shape index (κ1) is 7.79. The predicted octanol–water partition coefficient (Wildman–Crippen LogP) is 1.81. The molecule has 0 unspecified atom stereocenters. The fourth-order valence-electron chi connectivity index (χ4n) is 0.927. The van der Waals surface area contributed by atoms with Crippen LogP contribution in [0, 0.1) is 0 Å². The van der Waals surface area contributed by atoms with Crippen LogP contribution in [0.5, 0.6) is 0 Å². The van der Waals surface area contributed by atoms with E-state index in [-0.39, 0.29) is 0 Å². The molecule has 0 aromatic carbocycles. The van der Waals surface area contributed by atoms with Crippen LogP contribution in [-0.4, -0.2) is 11.8 Å². The van der Waals surface area contributed by atoms with E-state index in [1.54, 1.807) is 0 Å². The first-order valence-corrected chi connectivity index (χ1v) is 3.63. The summed E-state index contributed by atoms with van der Waals surface area (Å²) in [6, 6.07) is 0. The number of hydroxylamine groups is 1. The molecule has 0 aromatic heterocycles. The highest BCUT2D eigenvalue weighted by Crippen LogP contribution is 2.21. The normalized spacial score (nSPS) is 18.2. The lowest BCUT2D eigenvalue weighted by Crippen LogP contribution is -2.12. The Bertz CT molecular complexity index is 174. The smallest absolute Gasteiger partial charge is 0.0469 e. The molecule has 0 amide bonds. The second-order valence-corrected chi connectivity index (χ2v) is 2.66. The van der Waals surface area contributed by atoms with Gasteiger partial charge in [0.2, 0.25) is 0 Å². The minimum Gasteiger partial charge on any atom is -0.316 e. The highest BCUT2D eigenvalue weighted by molar-refractivity contribution is 6.30. The van der Waals surface area contributed by atoms with E-state index in [1.165, 1.54) is 0 Å². The van der Waals surface area contributed by atoms with Crippen molar-refractivity contribution in [2.45, 2.75) is 12.8 Å². The van der Waals surface area contributed by atoms with Crippen LogP contribution in [0.25, 0.3) is 0 Å². The molecule has 2 N–H and O–H groups in total. The Labute approximate surface area is 65.1 Å². The average molecular weight is 160 g/mol. The molecule has 10 heavy (non-hydrogen) atoms. The van der Waals surface area contributed by atoms with E-state index >= 15 is 0 Å². The van der Waals surface area contributed by atoms with E-state index in [9.17, 15) is 0 Å². The second kappa shape index (κ2) is 3.76. The quantitative estimate of drug-likeness (QED) is 0.603. The molecule has 0 saturated carbocycles. The van der Waals surface area contributed by atoms with Gasteiger partial charge in [0.1, 0.15) is 0 Å². The van der Waals surface area contributed by atoms with Gasteiger partial charge in [0, 0.05) is 11.6 Å². The molecule has 0 radical (unpaired) electrons. The molecule has 1 aliphatic carbocycles. The molecule has 0 bridgehead atoms. The summed E-state index contributed by atoms with van der Waals surface area (Å²) in [6.07, 6.45) is 5.90. The fraction of sp³-hybridized carbons (Fsp3) is 0.429. The zero-order chi connectivity index (χ0) is 7.40. The molecule has 0 aliphatic heterocycles. The summed E-state index contributed by atoms with van der Waals surface area (Å²) in [5.74, 6) is 0. The average Bonchev–Trinajstić information content (AvgIpc) is 1.94. The number of hydrogen-bond donors (Lipinski definition) is 2. The lowest BCUT2D eigenvalue weighted by atomic mass is 10.1. The summed E-state index contributed by atoms with van der Waals surface area (Å²) in [5.41, 5.74) is 3.06. The standard InChI is InChI=1S/C7H10ClNO/c8-7-4-2-1-3-6(7)5-9-10/h1,3,9-10H,2,4-5H2. The van der Waals surface area contributed by atoms with E-state index in [0.29, 0.717) is 6.54 Å². The van der Waals surface area contributed by atoms with Gasteiger partial charge in [-0.05, 0) is 18.4 Å². The third-order valence-electron chi connectivity index (χ3n) is 1.47. The lowest BCUT2D eigenvalue weighted by Gasteiger charge is -2.08. The summed E-state index contributed by atoms with van der Waals surface area (Å²) in [5, 5.41) is 9.21. The maximum atomic E-state index is 8.36. The van der Waals surface area contributed by atoms with E-state index < -0.39 is 0 Å². The largest absolute Gasteiger partial charge is 0.316 e. The zero-order valence-corrected chi connectivity index (χ0v) is 6.36. The van der Waals surface area contributed by atoms with Gasteiger partial charge in [-0.2, -0.15) is 0 Å². The molecular formula is C7H10ClNO. The Morgan fingerprint density at radius 1 is 1.70 bits per heavy atom. The Morgan fingerprint density at radius 3 is 3.10 bits per heavy atom. The number of hydrogen-bond acceptors (Lipinski definition) is 2. The van der Waals surface area contributed by atoms with Crippen LogP contribution >= 0.6 is 11.6 Å². The molecule has 3 heteroatoms. The molecule has 1 aliphatic rings. The van der Waals surface area contributed by atoms with Crippen molar-refractivity contribution >= 4 is 11.6 Å². The van der Waals surface area contributed by atoms with Crippen molar-refractivity contribution in [3.63, 3.8) is 0 Å². The summed E-state index contributed by atoms with van der Waals surface area (Å²) >= 11 is 5.84. The Hall–Kier alpha value is -0.310. The van der Waals surface area contributed by atoms with E-state index in [1.807, 2.05) is 6.08 Å². The molecule has 0 atom stereocenters. The summed E-state index contributed by atoms with van der Waals surface area (Å²) < 4.78 is 0. The maximum absolute atomic E-state index is 8.36. The number of halogens is 1. The van der Waals surface area contributed by atoms with Gasteiger partial charge in [0.05, 0.1) is 0 Å². The van der Waals surface area contributed by atoms with Gasteiger partial charge in [0.15, 0.2) is 0 Å². The van der Waals surface area contributed by atoms with Crippen molar-refractivity contribution in [2.75, 3.05) is 6.54 Å². The van der Waals surface area contributed by atoms with E-state index in [0.717, 1.165) is 23.4 Å². The number of allylic oxidation sites excluding steroid dienone is 2. The van der Waals surface area contributed by atoms with Gasteiger partial charge in [0.25, 0.3) is 0 Å². The third kappa shape index (κ3) is 1.84. The van der Waals surface area contributed by atoms with Crippen LogP contribution in [0.15, 0.2) is 22.8 Å². The number of rotatable bonds is 2. The minimum atomic E-state index is 0.440. The molecule has 0 heterocycles. The lowest BCUT2D eigenvalue weighted by molar-refractivity contribution is 0.177. The maximum Gasteiger partial charge on any atom is 0.0469 e. The second-order valence-electron chi connectivity index (χ2n) is 2.21. The molecule has 2 nitrogen and oxygen atoms in total. The van der Waals surface area contributed by atoms with Crippen LogP contribution in [0.1, 0.15) is 12.8 Å². The van der Waals surface area contributed by atoms with Crippen LogP contribution in [-0.2, 0) is 0 Å². The number of nitrogens with one attached hydrogen (secondary N) is 1. The Balaban J connectivity index is 2.60. The highest BCUT2D eigenvalue weighted by atomic mass is 35.5. The van der Waals surface area contributed by atoms with Gasteiger partial charge >= 0.3 is 0 Å². The van der Waals surface area contributed by atoms with Gasteiger partial charge in [-0.3, -0.25) is 0 Å². The van der Waals surface area contributed by atoms with Crippen molar-refractivity contribution in [1.82, 2.24) is 5.48 Å². The van der Waals surface area contributed by atoms with Crippen molar-refractivity contribution in [3.8, 4) is 0 Å². The van der Waals surface area contributed by atoms with Crippen molar-refractivity contribution < 1.29 is 5.21 Å². The SMILES string of the molecule is ONCC1=C(Cl)CCC=C1. The van der Waals surface area contributed by atoms with Crippen LogP contribution in [0.3, 0.4) is 0 Å². The Kier molecular flexibility index (Phi) is 2.93. The van der Waals surface area contributed by atoms with Crippen molar-refractivity contribution in [3.05, 3.63) is 22.8 Å². The Morgan fingerprint density at radius 2 is 2.50 bits per heavy atom. The molecule has 56 valence electrons. The topological polar surface area (TPSA) is 32.3 Å². The van der Waals surface area contributed by atoms with Crippen molar-refractivity contribution in [1.29, 1.82) is 0 Å². The predicted molar refractivity (Wildman–Crippen MR) is 41.0 cm³/mol. The molecule has 0 aromatic rings. The van der Waals surface area contributed by atoms with Gasteiger partial charge < -0.3 is 5.21 Å².